The maximum atomic E-state index is 12.9. The molecule has 0 saturated heterocycles. The van der Waals surface area contributed by atoms with Crippen LogP contribution in [-0.4, -0.2) is 31.3 Å². The number of esters is 1. The van der Waals surface area contributed by atoms with Crippen LogP contribution in [-0.2, 0) is 9.53 Å². The first-order chi connectivity index (χ1) is 13.7. The quantitative estimate of drug-likeness (QED) is 0.564. The summed E-state index contributed by atoms with van der Waals surface area (Å²) in [5.41, 5.74) is 1.19. The monoisotopic (exact) mass is 444 g/mol. The van der Waals surface area contributed by atoms with Crippen LogP contribution in [0, 0.1) is 0 Å². The van der Waals surface area contributed by atoms with Gasteiger partial charge in [-0.15, -0.1) is 0 Å². The van der Waals surface area contributed by atoms with E-state index in [0.717, 1.165) is 0 Å². The van der Waals surface area contributed by atoms with E-state index in [9.17, 15) is 9.59 Å². The van der Waals surface area contributed by atoms with Gasteiger partial charge in [0.2, 0.25) is 0 Å². The van der Waals surface area contributed by atoms with Crippen molar-refractivity contribution in [1.82, 2.24) is 10.6 Å². The van der Waals surface area contributed by atoms with Crippen molar-refractivity contribution in [2.45, 2.75) is 53.2 Å². The Bertz CT molecular complexity index is 824. The second-order valence-corrected chi connectivity index (χ2v) is 7.30. The van der Waals surface area contributed by atoms with Gasteiger partial charge in [0.25, 0.3) is 0 Å². The van der Waals surface area contributed by atoms with Crippen molar-refractivity contribution in [3.63, 3.8) is 0 Å². The second kappa shape index (κ2) is 10.1. The molecule has 1 aromatic rings. The van der Waals surface area contributed by atoms with Crippen molar-refractivity contribution < 1.29 is 23.8 Å². The van der Waals surface area contributed by atoms with Crippen molar-refractivity contribution >= 4 is 35.2 Å². The highest BCUT2D eigenvalue weighted by molar-refractivity contribution is 6.38. The summed E-state index contributed by atoms with van der Waals surface area (Å²) >= 11 is 12.9. The molecule has 2 N–H and O–H groups in total. The average molecular weight is 445 g/mol. The largest absolute Gasteiger partial charge is 0.492 e. The normalized spacial score (nSPS) is 16.4. The van der Waals surface area contributed by atoms with Gasteiger partial charge in [0.15, 0.2) is 5.75 Å². The maximum Gasteiger partial charge on any atom is 0.338 e. The summed E-state index contributed by atoms with van der Waals surface area (Å²) in [5, 5.41) is 5.87. The zero-order valence-electron chi connectivity index (χ0n) is 17.2. The van der Waals surface area contributed by atoms with E-state index in [-0.39, 0.29) is 27.5 Å². The van der Waals surface area contributed by atoms with E-state index < -0.39 is 18.0 Å². The number of hydrogen-bond donors (Lipinski definition) is 2. The lowest BCUT2D eigenvalue weighted by Crippen LogP contribution is -2.46. The van der Waals surface area contributed by atoms with Gasteiger partial charge in [-0.25, -0.2) is 9.59 Å². The number of nitrogens with one attached hydrogen (secondary N) is 2. The molecule has 160 valence electrons. The molecular formula is C20H26Cl2N2O5. The van der Waals surface area contributed by atoms with Crippen molar-refractivity contribution in [3.05, 3.63) is 32.9 Å². The number of carbonyl (C=O) groups excluding carboxylic acids is 2. The van der Waals surface area contributed by atoms with Crippen LogP contribution in [0.3, 0.4) is 0 Å². The summed E-state index contributed by atoms with van der Waals surface area (Å²) in [6, 6.07) is 0.295. The summed E-state index contributed by atoms with van der Waals surface area (Å²) < 4.78 is 16.7. The molecule has 0 spiro atoms. The van der Waals surface area contributed by atoms with E-state index in [2.05, 4.69) is 10.6 Å². The highest BCUT2D eigenvalue weighted by atomic mass is 35.5. The topological polar surface area (TPSA) is 85.9 Å². The van der Waals surface area contributed by atoms with Gasteiger partial charge in [0.05, 0.1) is 36.0 Å². The number of hydrogen-bond acceptors (Lipinski definition) is 5. The molecule has 7 nitrogen and oxygen atoms in total. The Balaban J connectivity index is 2.70. The Hall–Kier alpha value is -2.12. The minimum atomic E-state index is -0.850. The minimum absolute atomic E-state index is 0.179. The lowest BCUT2D eigenvalue weighted by molar-refractivity contribution is -0.143. The number of halogens is 2. The second-order valence-electron chi connectivity index (χ2n) is 6.52. The third kappa shape index (κ3) is 5.08. The van der Waals surface area contributed by atoms with Gasteiger partial charge in [-0.05, 0) is 40.2 Å². The van der Waals surface area contributed by atoms with Gasteiger partial charge < -0.3 is 24.8 Å². The lowest BCUT2D eigenvalue weighted by atomic mass is 9.93. The van der Waals surface area contributed by atoms with Crippen LogP contribution in [0.5, 0.6) is 11.5 Å². The number of urea groups is 1. The first-order valence-electron chi connectivity index (χ1n) is 9.53. The van der Waals surface area contributed by atoms with Crippen molar-refractivity contribution in [2.75, 3.05) is 13.2 Å². The van der Waals surface area contributed by atoms with Crippen LogP contribution in [0.15, 0.2) is 17.3 Å². The van der Waals surface area contributed by atoms with Crippen LogP contribution in [0.2, 0.25) is 10.0 Å². The first kappa shape index (κ1) is 23.2. The summed E-state index contributed by atoms with van der Waals surface area (Å²) in [6.07, 6.45) is 0.0970. The van der Waals surface area contributed by atoms with E-state index in [1.807, 2.05) is 13.8 Å². The highest BCUT2D eigenvalue weighted by Gasteiger charge is 2.36. The molecule has 1 aliphatic rings. The fourth-order valence-corrected chi connectivity index (χ4v) is 3.67. The Morgan fingerprint density at radius 2 is 1.76 bits per heavy atom. The van der Waals surface area contributed by atoms with Crippen molar-refractivity contribution in [1.29, 1.82) is 0 Å². The molecule has 0 aliphatic carbocycles. The summed E-state index contributed by atoms with van der Waals surface area (Å²) in [5.74, 6) is 0.0340. The molecule has 29 heavy (non-hydrogen) atoms. The first-order valence-corrected chi connectivity index (χ1v) is 10.3. The zero-order valence-corrected chi connectivity index (χ0v) is 18.7. The molecule has 0 bridgehead atoms. The van der Waals surface area contributed by atoms with Crippen molar-refractivity contribution in [2.24, 2.45) is 0 Å². The van der Waals surface area contributed by atoms with Gasteiger partial charge >= 0.3 is 12.0 Å². The number of rotatable bonds is 8. The Morgan fingerprint density at radius 1 is 1.14 bits per heavy atom. The van der Waals surface area contributed by atoms with Gasteiger partial charge in [-0.1, -0.05) is 30.1 Å². The Morgan fingerprint density at radius 3 is 2.31 bits per heavy atom. The zero-order chi connectivity index (χ0) is 21.7. The van der Waals surface area contributed by atoms with Crippen LogP contribution in [0.25, 0.3) is 0 Å². The van der Waals surface area contributed by atoms with Gasteiger partial charge in [-0.2, -0.15) is 0 Å². The van der Waals surface area contributed by atoms with Crippen LogP contribution < -0.4 is 20.1 Å². The molecule has 1 aliphatic heterocycles. The highest BCUT2D eigenvalue weighted by Crippen LogP contribution is 2.46. The molecule has 1 heterocycles. The lowest BCUT2D eigenvalue weighted by Gasteiger charge is -2.31. The number of amides is 2. The van der Waals surface area contributed by atoms with Gasteiger partial charge in [0, 0.05) is 11.3 Å². The van der Waals surface area contributed by atoms with Crippen LogP contribution in [0.4, 0.5) is 4.79 Å². The summed E-state index contributed by atoms with van der Waals surface area (Å²) in [7, 11) is 0. The predicted octanol–water partition coefficient (Wildman–Crippen LogP) is 4.76. The standard InChI is InChI=1S/C20H26Cl2N2O5/c1-6-13-14(19(25)29-10(4)5)16(24-20(26)23-13)11-9-12(21)18(28-8-3)15(22)17(11)27-7-2/h9-10,16H,6-8H2,1-5H3,(H2,23,24,26). The van der Waals surface area contributed by atoms with E-state index in [4.69, 9.17) is 37.4 Å². The van der Waals surface area contributed by atoms with E-state index in [1.165, 1.54) is 0 Å². The van der Waals surface area contributed by atoms with Gasteiger partial charge in [0.1, 0.15) is 10.8 Å². The predicted molar refractivity (Wildman–Crippen MR) is 112 cm³/mol. The smallest absolute Gasteiger partial charge is 0.338 e. The molecule has 0 saturated carbocycles. The van der Waals surface area contributed by atoms with E-state index >= 15 is 0 Å². The van der Waals surface area contributed by atoms with Crippen LogP contribution in [0.1, 0.15) is 52.6 Å². The minimum Gasteiger partial charge on any atom is -0.492 e. The third-order valence-corrected chi connectivity index (χ3v) is 4.74. The summed E-state index contributed by atoms with van der Waals surface area (Å²) in [4.78, 5) is 25.1. The van der Waals surface area contributed by atoms with E-state index in [1.54, 1.807) is 26.8 Å². The van der Waals surface area contributed by atoms with Crippen molar-refractivity contribution in [3.8, 4) is 11.5 Å². The Kier molecular flexibility index (Phi) is 8.05. The van der Waals surface area contributed by atoms with Gasteiger partial charge in [-0.3, -0.25) is 0 Å². The Labute approximate surface area is 180 Å². The molecule has 2 amide bonds. The molecule has 9 heteroatoms. The SMILES string of the molecule is CCOc1c(Cl)cc(C2NC(=O)NC(CC)=C2C(=O)OC(C)C)c(OCC)c1Cl. The average Bonchev–Trinajstić information content (AvgIpc) is 2.65. The molecule has 0 radical (unpaired) electrons. The number of benzene rings is 1. The fraction of sp³-hybridized carbons (Fsp3) is 0.500. The number of ether oxygens (including phenoxy) is 3. The number of carbonyl (C=O) groups is 2. The fourth-order valence-electron chi connectivity index (χ4n) is 3.03. The molecular weight excluding hydrogens is 419 g/mol. The molecule has 1 atom stereocenters. The summed E-state index contributed by atoms with van der Waals surface area (Å²) in [6.45, 7) is 9.63. The van der Waals surface area contributed by atoms with Crippen LogP contribution >= 0.6 is 23.2 Å². The third-order valence-electron chi connectivity index (χ3n) is 4.12. The molecule has 0 fully saturated rings. The molecule has 0 aromatic heterocycles. The molecule has 1 aromatic carbocycles. The molecule has 1 unspecified atom stereocenters. The van der Waals surface area contributed by atoms with E-state index in [0.29, 0.717) is 36.6 Å². The maximum absolute atomic E-state index is 12.9. The molecule has 2 rings (SSSR count). The number of allylic oxidation sites excluding steroid dienone is 1.